The molecule has 0 radical (unpaired) electrons. The van der Waals surface area contributed by atoms with E-state index in [0.717, 1.165) is 15.9 Å². The van der Waals surface area contributed by atoms with Crippen LogP contribution in [0.25, 0.3) is 0 Å². The van der Waals surface area contributed by atoms with E-state index in [9.17, 15) is 0 Å². The van der Waals surface area contributed by atoms with Crippen LogP contribution < -0.4 is 0 Å². The number of rotatable bonds is 2. The van der Waals surface area contributed by atoms with Gasteiger partial charge in [0.15, 0.2) is 0 Å². The van der Waals surface area contributed by atoms with Crippen LogP contribution in [-0.2, 0) is 4.84 Å². The quantitative estimate of drug-likeness (QED) is 0.797. The molecule has 1 fully saturated rings. The Balaban J connectivity index is 1.82. The Morgan fingerprint density at radius 1 is 0.957 bits per heavy atom. The first kappa shape index (κ1) is 14.4. The summed E-state index contributed by atoms with van der Waals surface area (Å²) >= 11 is 0. The van der Waals surface area contributed by atoms with E-state index in [1.165, 1.54) is 5.56 Å². The summed E-state index contributed by atoms with van der Waals surface area (Å²) in [5, 5.41) is 6.71. The second kappa shape index (κ2) is 5.18. The van der Waals surface area contributed by atoms with Gasteiger partial charge >= 0.3 is 0 Å². The SMILES string of the molecule is CN1[C@@H]2ON=C(c3ccccc3)[C@@H]2[C@@H](c2ccccc2)[N+]1(C)C. The molecule has 0 spiro atoms. The second-order valence-electron chi connectivity index (χ2n) is 6.77. The van der Waals surface area contributed by atoms with Crippen LogP contribution in [0.4, 0.5) is 0 Å². The highest BCUT2D eigenvalue weighted by Crippen LogP contribution is 2.48. The van der Waals surface area contributed by atoms with Crippen molar-refractivity contribution in [1.29, 1.82) is 0 Å². The number of fused-ring (bicyclic) bond motifs is 1. The van der Waals surface area contributed by atoms with Gasteiger partial charge in [-0.05, 0) is 0 Å². The zero-order valence-electron chi connectivity index (χ0n) is 13.8. The molecule has 1 saturated heterocycles. The maximum atomic E-state index is 5.84. The van der Waals surface area contributed by atoms with E-state index >= 15 is 0 Å². The monoisotopic (exact) mass is 308 g/mol. The van der Waals surface area contributed by atoms with E-state index in [2.05, 4.69) is 85.9 Å². The Kier molecular flexibility index (Phi) is 3.25. The molecule has 0 saturated carbocycles. The van der Waals surface area contributed by atoms with E-state index in [1.54, 1.807) is 0 Å². The Labute approximate surface area is 137 Å². The summed E-state index contributed by atoms with van der Waals surface area (Å²) in [6, 6.07) is 21.4. The van der Waals surface area contributed by atoms with Gasteiger partial charge < -0.3 is 4.84 Å². The Bertz CT molecular complexity index is 727. The normalized spacial score (nSPS) is 29.0. The number of nitrogens with zero attached hydrogens (tertiary/aromatic N) is 3. The van der Waals surface area contributed by atoms with Gasteiger partial charge in [-0.15, -0.1) is 5.01 Å². The number of oxime groups is 1. The molecule has 2 aromatic rings. The second-order valence-corrected chi connectivity index (χ2v) is 6.77. The topological polar surface area (TPSA) is 24.8 Å². The summed E-state index contributed by atoms with van der Waals surface area (Å²) in [6.07, 6.45) is -0.0228. The molecule has 0 amide bonds. The Morgan fingerprint density at radius 3 is 2.22 bits per heavy atom. The van der Waals surface area contributed by atoms with Crippen molar-refractivity contribution in [3.05, 3.63) is 71.8 Å². The van der Waals surface area contributed by atoms with Crippen LogP contribution in [0.1, 0.15) is 17.2 Å². The number of hydrogen-bond donors (Lipinski definition) is 0. The third kappa shape index (κ3) is 2.10. The molecule has 4 nitrogen and oxygen atoms in total. The fourth-order valence-corrected chi connectivity index (χ4v) is 3.94. The predicted octanol–water partition coefficient (Wildman–Crippen LogP) is 3.04. The van der Waals surface area contributed by atoms with Crippen LogP contribution in [0.5, 0.6) is 0 Å². The summed E-state index contributed by atoms with van der Waals surface area (Å²) in [4.78, 5) is 5.84. The highest BCUT2D eigenvalue weighted by molar-refractivity contribution is 6.03. The third-order valence-corrected chi connectivity index (χ3v) is 5.29. The van der Waals surface area contributed by atoms with E-state index < -0.39 is 0 Å². The molecule has 2 aliphatic heterocycles. The summed E-state index contributed by atoms with van der Waals surface area (Å²) < 4.78 is 0.755. The van der Waals surface area contributed by atoms with Gasteiger partial charge in [0.25, 0.3) is 0 Å². The highest BCUT2D eigenvalue weighted by Gasteiger charge is 2.60. The zero-order chi connectivity index (χ0) is 16.0. The number of benzene rings is 2. The maximum Gasteiger partial charge on any atom is 0.238 e. The van der Waals surface area contributed by atoms with Gasteiger partial charge in [-0.25, -0.2) is 4.59 Å². The summed E-state index contributed by atoms with van der Waals surface area (Å²) in [7, 11) is 6.59. The van der Waals surface area contributed by atoms with Crippen molar-refractivity contribution >= 4 is 5.71 Å². The molecule has 0 unspecified atom stereocenters. The van der Waals surface area contributed by atoms with E-state index in [-0.39, 0.29) is 18.2 Å². The first-order valence-corrected chi connectivity index (χ1v) is 8.02. The Hall–Kier alpha value is -2.17. The van der Waals surface area contributed by atoms with Crippen LogP contribution in [0.15, 0.2) is 65.8 Å². The molecule has 0 bridgehead atoms. The van der Waals surface area contributed by atoms with E-state index in [4.69, 9.17) is 4.84 Å². The Morgan fingerprint density at radius 2 is 1.57 bits per heavy atom. The van der Waals surface area contributed by atoms with Gasteiger partial charge in [0.1, 0.15) is 17.7 Å². The fourth-order valence-electron chi connectivity index (χ4n) is 3.94. The lowest BCUT2D eigenvalue weighted by Crippen LogP contribution is -2.51. The molecule has 0 aromatic heterocycles. The van der Waals surface area contributed by atoms with Gasteiger partial charge in [0.2, 0.25) is 6.23 Å². The molecule has 2 aromatic carbocycles. The van der Waals surface area contributed by atoms with Gasteiger partial charge in [-0.2, -0.15) is 0 Å². The van der Waals surface area contributed by atoms with Crippen molar-refractivity contribution in [2.75, 3.05) is 21.1 Å². The largest absolute Gasteiger partial charge is 0.370 e. The summed E-state index contributed by atoms with van der Waals surface area (Å²) in [6.45, 7) is 0. The molecular formula is C19H22N3O+. The first-order chi connectivity index (χ1) is 11.1. The molecule has 2 aliphatic rings. The first-order valence-electron chi connectivity index (χ1n) is 8.02. The minimum atomic E-state index is -0.0228. The molecule has 2 heterocycles. The molecule has 4 rings (SSSR count). The van der Waals surface area contributed by atoms with Crippen LogP contribution in [0.2, 0.25) is 0 Å². The van der Waals surface area contributed by atoms with Gasteiger partial charge in [0, 0.05) is 18.2 Å². The van der Waals surface area contributed by atoms with Crippen LogP contribution >= 0.6 is 0 Å². The summed E-state index contributed by atoms with van der Waals surface area (Å²) in [5.41, 5.74) is 3.53. The summed E-state index contributed by atoms with van der Waals surface area (Å²) in [5.74, 6) is 0.222. The van der Waals surface area contributed by atoms with Crippen molar-refractivity contribution < 1.29 is 9.43 Å². The smallest absolute Gasteiger partial charge is 0.238 e. The van der Waals surface area contributed by atoms with Crippen LogP contribution in [0.3, 0.4) is 0 Å². The predicted molar refractivity (Wildman–Crippen MR) is 90.4 cm³/mol. The maximum absolute atomic E-state index is 5.84. The molecule has 0 aliphatic carbocycles. The van der Waals surface area contributed by atoms with Crippen molar-refractivity contribution in [3.63, 3.8) is 0 Å². The number of hydrogen-bond acceptors (Lipinski definition) is 3. The van der Waals surface area contributed by atoms with Gasteiger partial charge in [0.05, 0.1) is 14.1 Å². The molecule has 23 heavy (non-hydrogen) atoms. The molecule has 4 heteroatoms. The van der Waals surface area contributed by atoms with Gasteiger partial charge in [-0.3, -0.25) is 0 Å². The molecule has 3 atom stereocenters. The minimum Gasteiger partial charge on any atom is -0.370 e. The average Bonchev–Trinajstić information content (AvgIpc) is 3.07. The van der Waals surface area contributed by atoms with Crippen molar-refractivity contribution in [2.45, 2.75) is 12.3 Å². The van der Waals surface area contributed by atoms with Gasteiger partial charge in [-0.1, -0.05) is 65.8 Å². The lowest BCUT2D eigenvalue weighted by Gasteiger charge is -2.37. The van der Waals surface area contributed by atoms with E-state index in [0.29, 0.717) is 0 Å². The van der Waals surface area contributed by atoms with Crippen LogP contribution in [0, 0.1) is 5.92 Å². The molecule has 118 valence electrons. The number of quaternary nitrogens is 1. The van der Waals surface area contributed by atoms with Crippen molar-refractivity contribution in [1.82, 2.24) is 5.01 Å². The minimum absolute atomic E-state index is 0.0228. The standard InChI is InChI=1S/C19H22N3O/c1-21-19-16(17(20-23-19)14-10-6-4-7-11-14)18(22(21,2)3)15-12-8-5-9-13-15/h4-13,16,18-19H,1-3H3/q+1/t16-,18-,19-/m1/s1. The molecular weight excluding hydrogens is 286 g/mol. The van der Waals surface area contributed by atoms with Crippen LogP contribution in [-0.4, -0.2) is 42.7 Å². The van der Waals surface area contributed by atoms with E-state index in [1.807, 2.05) is 6.07 Å². The average molecular weight is 308 g/mol. The molecule has 0 N–H and O–H groups in total. The highest BCUT2D eigenvalue weighted by atomic mass is 16.7. The lowest BCUT2D eigenvalue weighted by molar-refractivity contribution is -1.02. The fraction of sp³-hybridized carbons (Fsp3) is 0.316. The van der Waals surface area contributed by atoms with Crippen molar-refractivity contribution in [2.24, 2.45) is 11.1 Å². The third-order valence-electron chi connectivity index (χ3n) is 5.29. The van der Waals surface area contributed by atoms with Crippen molar-refractivity contribution in [3.8, 4) is 0 Å². The lowest BCUT2D eigenvalue weighted by atomic mass is 9.86. The zero-order valence-corrected chi connectivity index (χ0v) is 13.8.